The van der Waals surface area contributed by atoms with Gasteiger partial charge in [0.25, 0.3) is 0 Å². The maximum Gasteiger partial charge on any atom is 0.306 e. The van der Waals surface area contributed by atoms with Crippen LogP contribution in [0.25, 0.3) is 0 Å². The molecule has 0 spiro atoms. The van der Waals surface area contributed by atoms with Crippen molar-refractivity contribution in [2.75, 3.05) is 13.2 Å². The molecule has 1 atom stereocenters. The normalized spacial score (nSPS) is 12.7. The van der Waals surface area contributed by atoms with Gasteiger partial charge < -0.3 is 14.2 Å². The van der Waals surface area contributed by atoms with Crippen LogP contribution < -0.4 is 0 Å². The number of allylic oxidation sites excluding steroid dienone is 16. The molecule has 0 radical (unpaired) electrons. The minimum Gasteiger partial charge on any atom is -0.462 e. The fourth-order valence-corrected chi connectivity index (χ4v) is 8.83. The Morgan fingerprint density at radius 1 is 0.280 bits per heavy atom. The summed E-state index contributed by atoms with van der Waals surface area (Å²) in [5, 5.41) is 0. The van der Waals surface area contributed by atoms with Crippen LogP contribution in [0.15, 0.2) is 97.2 Å². The Hall–Kier alpha value is -3.67. The molecule has 0 bridgehead atoms. The van der Waals surface area contributed by atoms with Crippen molar-refractivity contribution in [2.24, 2.45) is 0 Å². The molecule has 1 unspecified atom stereocenters. The van der Waals surface area contributed by atoms with Crippen molar-refractivity contribution < 1.29 is 28.6 Å². The van der Waals surface area contributed by atoms with Crippen LogP contribution in [0.2, 0.25) is 0 Å². The van der Waals surface area contributed by atoms with E-state index in [9.17, 15) is 14.4 Å². The van der Waals surface area contributed by atoms with E-state index in [0.29, 0.717) is 19.3 Å². The van der Waals surface area contributed by atoms with Crippen LogP contribution in [0.5, 0.6) is 0 Å². The van der Waals surface area contributed by atoms with Crippen molar-refractivity contribution in [3.05, 3.63) is 97.2 Å². The molecule has 0 heterocycles. The zero-order valence-electron chi connectivity index (χ0n) is 49.3. The Kier molecular flexibility index (Phi) is 59.8. The Morgan fingerprint density at radius 3 is 0.840 bits per heavy atom. The third kappa shape index (κ3) is 61.1. The smallest absolute Gasteiger partial charge is 0.306 e. The molecular formula is C69H118O6. The molecule has 0 aromatic heterocycles. The highest BCUT2D eigenvalue weighted by molar-refractivity contribution is 5.71. The zero-order chi connectivity index (χ0) is 54.3. The number of carbonyl (C=O) groups is 3. The number of hydrogen-bond acceptors (Lipinski definition) is 6. The molecule has 0 saturated carbocycles. The van der Waals surface area contributed by atoms with E-state index in [-0.39, 0.29) is 31.1 Å². The molecule has 0 aliphatic rings. The second kappa shape index (κ2) is 62.9. The third-order valence-corrected chi connectivity index (χ3v) is 13.6. The van der Waals surface area contributed by atoms with Crippen molar-refractivity contribution >= 4 is 17.9 Å². The van der Waals surface area contributed by atoms with Crippen LogP contribution in [0, 0.1) is 0 Å². The van der Waals surface area contributed by atoms with Crippen molar-refractivity contribution in [1.82, 2.24) is 0 Å². The van der Waals surface area contributed by atoms with E-state index >= 15 is 0 Å². The number of rotatable bonds is 57. The maximum absolute atomic E-state index is 12.9. The minimum absolute atomic E-state index is 0.0905. The Morgan fingerprint density at radius 2 is 0.520 bits per heavy atom. The van der Waals surface area contributed by atoms with Gasteiger partial charge in [-0.3, -0.25) is 14.4 Å². The summed E-state index contributed by atoms with van der Waals surface area (Å²) in [4.78, 5) is 38.3. The van der Waals surface area contributed by atoms with Crippen LogP contribution in [0.4, 0.5) is 0 Å². The van der Waals surface area contributed by atoms with Gasteiger partial charge in [-0.25, -0.2) is 0 Å². The van der Waals surface area contributed by atoms with Crippen molar-refractivity contribution in [3.63, 3.8) is 0 Å². The standard InChI is InChI=1S/C69H118O6/c1-4-7-10-13-16-19-22-25-28-30-32-33-34-35-36-37-38-40-41-44-47-50-53-56-59-62-68(71)74-65-66(64-73-67(70)61-58-55-52-49-46-43-27-24-21-18-15-12-9-6-3)75-69(72)63-60-57-54-51-48-45-42-39-31-29-26-23-20-17-14-11-8-5-2/h7,10,16,19,24-25,27-28,32-33,35-36,38,40,44,47,66H,4-6,8-9,11-15,17-18,20-23,26,29-31,34,37,39,41-43,45-46,48-65H2,1-3H3/b10-7-,19-16-,27-24-,28-25-,33-32-,36-35-,40-38-,47-44-. The first-order valence-electron chi connectivity index (χ1n) is 31.7. The van der Waals surface area contributed by atoms with Gasteiger partial charge in [0.2, 0.25) is 0 Å². The summed E-state index contributed by atoms with van der Waals surface area (Å²) in [7, 11) is 0. The average Bonchev–Trinajstić information content (AvgIpc) is 3.41. The zero-order valence-corrected chi connectivity index (χ0v) is 49.3. The summed E-state index contributed by atoms with van der Waals surface area (Å²) >= 11 is 0. The predicted molar refractivity (Wildman–Crippen MR) is 325 cm³/mol. The van der Waals surface area contributed by atoms with Gasteiger partial charge in [-0.2, -0.15) is 0 Å². The molecule has 0 amide bonds. The van der Waals surface area contributed by atoms with Gasteiger partial charge in [-0.15, -0.1) is 0 Å². The molecule has 0 aliphatic heterocycles. The SMILES string of the molecule is CC/C=C\C/C=C\C/C=C\C/C=C\C/C=C\C/C=C\C/C=C\CCCCCC(=O)OCC(COC(=O)CCCCCCC/C=C\CCCCCCC)OC(=O)CCCCCCCCCCCCCCCCCCCC. The van der Waals surface area contributed by atoms with Gasteiger partial charge in [0, 0.05) is 19.3 Å². The lowest BCUT2D eigenvalue weighted by Crippen LogP contribution is -2.30. The van der Waals surface area contributed by atoms with Crippen LogP contribution in [0.3, 0.4) is 0 Å². The summed E-state index contributed by atoms with van der Waals surface area (Å²) in [6.45, 7) is 6.51. The fourth-order valence-electron chi connectivity index (χ4n) is 8.83. The second-order valence-corrected chi connectivity index (χ2v) is 20.9. The molecule has 0 aromatic rings. The summed E-state index contributed by atoms with van der Waals surface area (Å²) in [5.74, 6) is -0.921. The van der Waals surface area contributed by atoms with Gasteiger partial charge >= 0.3 is 17.9 Å². The number of ether oxygens (including phenoxy) is 3. The molecule has 0 aromatic carbocycles. The Balaban J connectivity index is 4.42. The highest BCUT2D eigenvalue weighted by Gasteiger charge is 2.19. The molecule has 0 N–H and O–H groups in total. The van der Waals surface area contributed by atoms with Gasteiger partial charge in [-0.05, 0) is 103 Å². The highest BCUT2D eigenvalue weighted by Crippen LogP contribution is 2.16. The Labute approximate surface area is 464 Å². The number of esters is 3. The van der Waals surface area contributed by atoms with E-state index in [2.05, 4.69) is 118 Å². The largest absolute Gasteiger partial charge is 0.462 e. The van der Waals surface area contributed by atoms with Gasteiger partial charge in [0.1, 0.15) is 13.2 Å². The van der Waals surface area contributed by atoms with E-state index in [1.54, 1.807) is 0 Å². The van der Waals surface area contributed by atoms with Crippen molar-refractivity contribution in [1.29, 1.82) is 0 Å². The molecule has 0 rings (SSSR count). The van der Waals surface area contributed by atoms with E-state index in [0.717, 1.165) is 116 Å². The van der Waals surface area contributed by atoms with Gasteiger partial charge in [0.05, 0.1) is 0 Å². The first-order chi connectivity index (χ1) is 37.0. The maximum atomic E-state index is 12.9. The van der Waals surface area contributed by atoms with Crippen LogP contribution in [-0.2, 0) is 28.6 Å². The molecule has 430 valence electrons. The van der Waals surface area contributed by atoms with Crippen molar-refractivity contribution in [3.8, 4) is 0 Å². The molecule has 0 saturated heterocycles. The molecule has 6 nitrogen and oxygen atoms in total. The monoisotopic (exact) mass is 1040 g/mol. The predicted octanol–water partition coefficient (Wildman–Crippen LogP) is 21.7. The molecule has 75 heavy (non-hydrogen) atoms. The Bertz CT molecular complexity index is 1480. The second-order valence-electron chi connectivity index (χ2n) is 20.9. The molecule has 0 aliphatic carbocycles. The van der Waals surface area contributed by atoms with Crippen LogP contribution in [0.1, 0.15) is 303 Å². The van der Waals surface area contributed by atoms with E-state index in [1.165, 1.54) is 148 Å². The van der Waals surface area contributed by atoms with Crippen LogP contribution >= 0.6 is 0 Å². The minimum atomic E-state index is -0.795. The summed E-state index contributed by atoms with van der Waals surface area (Å²) < 4.78 is 16.9. The third-order valence-electron chi connectivity index (χ3n) is 13.6. The van der Waals surface area contributed by atoms with Gasteiger partial charge in [-0.1, -0.05) is 279 Å². The number of hydrogen-bond donors (Lipinski definition) is 0. The lowest BCUT2D eigenvalue weighted by molar-refractivity contribution is -0.167. The highest BCUT2D eigenvalue weighted by atomic mass is 16.6. The van der Waals surface area contributed by atoms with E-state index < -0.39 is 6.10 Å². The molecule has 6 heteroatoms. The fraction of sp³-hybridized carbons (Fsp3) is 0.725. The van der Waals surface area contributed by atoms with Crippen molar-refractivity contribution in [2.45, 2.75) is 309 Å². The molecule has 0 fully saturated rings. The lowest BCUT2D eigenvalue weighted by Gasteiger charge is -2.18. The van der Waals surface area contributed by atoms with Crippen LogP contribution in [-0.4, -0.2) is 37.2 Å². The lowest BCUT2D eigenvalue weighted by atomic mass is 10.0. The summed E-state index contributed by atoms with van der Waals surface area (Å²) in [5.41, 5.74) is 0. The molecular weight excluding hydrogens is 925 g/mol. The number of carbonyl (C=O) groups excluding carboxylic acids is 3. The quantitative estimate of drug-likeness (QED) is 0.0261. The first kappa shape index (κ1) is 71.3. The summed E-state index contributed by atoms with van der Waals surface area (Å²) in [6, 6.07) is 0. The average molecular weight is 1040 g/mol. The van der Waals surface area contributed by atoms with E-state index in [1.807, 2.05) is 0 Å². The van der Waals surface area contributed by atoms with E-state index in [4.69, 9.17) is 14.2 Å². The number of unbranched alkanes of at least 4 members (excludes halogenated alkanes) is 30. The topological polar surface area (TPSA) is 78.9 Å². The van der Waals surface area contributed by atoms with Gasteiger partial charge in [0.15, 0.2) is 6.10 Å². The first-order valence-corrected chi connectivity index (χ1v) is 31.7. The summed E-state index contributed by atoms with van der Waals surface area (Å²) in [6.07, 6.45) is 84.1.